The summed E-state index contributed by atoms with van der Waals surface area (Å²) in [4.78, 5) is 4.74. The van der Waals surface area contributed by atoms with Crippen molar-refractivity contribution in [1.29, 1.82) is 0 Å². The van der Waals surface area contributed by atoms with Crippen LogP contribution in [0.15, 0.2) is 34.2 Å². The molecule has 0 fully saturated rings. The van der Waals surface area contributed by atoms with Gasteiger partial charge in [-0.3, -0.25) is 0 Å². The normalized spacial score (nSPS) is 12.2. The Morgan fingerprint density at radius 3 is 2.64 bits per heavy atom. The SMILES string of the molecule is CCCCNC(=NCc1cccc(S(=O)(=O)NC)c1)NCC. The first kappa shape index (κ1) is 18.4. The highest BCUT2D eigenvalue weighted by Crippen LogP contribution is 2.11. The zero-order valence-electron chi connectivity index (χ0n) is 13.5. The fourth-order valence-electron chi connectivity index (χ4n) is 1.82. The molecule has 0 amide bonds. The molecule has 0 aliphatic heterocycles. The van der Waals surface area contributed by atoms with Gasteiger partial charge in [-0.1, -0.05) is 25.5 Å². The molecule has 124 valence electrons. The highest BCUT2D eigenvalue weighted by molar-refractivity contribution is 7.89. The van der Waals surface area contributed by atoms with Crippen LogP contribution in [0, 0.1) is 0 Å². The minimum absolute atomic E-state index is 0.256. The van der Waals surface area contributed by atoms with Crippen LogP contribution in [0.2, 0.25) is 0 Å². The number of nitrogens with zero attached hydrogens (tertiary/aromatic N) is 1. The summed E-state index contributed by atoms with van der Waals surface area (Å²) in [6, 6.07) is 6.81. The molecule has 1 rings (SSSR count). The first-order valence-corrected chi connectivity index (χ1v) is 9.06. The third kappa shape index (κ3) is 6.03. The molecular formula is C15H26N4O2S. The first-order chi connectivity index (χ1) is 10.5. The molecule has 0 radical (unpaired) electrons. The lowest BCUT2D eigenvalue weighted by molar-refractivity contribution is 0.588. The number of hydrogen-bond donors (Lipinski definition) is 3. The number of guanidine groups is 1. The largest absolute Gasteiger partial charge is 0.357 e. The Hall–Kier alpha value is -1.60. The van der Waals surface area contributed by atoms with Gasteiger partial charge in [0.15, 0.2) is 5.96 Å². The Balaban J connectivity index is 2.79. The van der Waals surface area contributed by atoms with E-state index in [2.05, 4.69) is 27.3 Å². The molecule has 0 unspecified atom stereocenters. The lowest BCUT2D eigenvalue weighted by Crippen LogP contribution is -2.37. The summed E-state index contributed by atoms with van der Waals surface area (Å²) in [6.45, 7) is 6.23. The Morgan fingerprint density at radius 2 is 2.00 bits per heavy atom. The summed E-state index contributed by atoms with van der Waals surface area (Å²) in [5.41, 5.74) is 0.851. The van der Waals surface area contributed by atoms with Gasteiger partial charge in [-0.25, -0.2) is 18.1 Å². The molecule has 6 nitrogen and oxygen atoms in total. The van der Waals surface area contributed by atoms with Crippen molar-refractivity contribution in [3.8, 4) is 0 Å². The number of unbranched alkanes of at least 4 members (excludes halogenated alkanes) is 1. The number of sulfonamides is 1. The minimum atomic E-state index is -3.42. The molecule has 0 aliphatic rings. The van der Waals surface area contributed by atoms with E-state index in [0.717, 1.165) is 37.5 Å². The molecule has 0 atom stereocenters. The maximum absolute atomic E-state index is 11.8. The quantitative estimate of drug-likeness (QED) is 0.384. The molecule has 0 saturated carbocycles. The summed E-state index contributed by atoms with van der Waals surface area (Å²) in [7, 11) is -2.01. The highest BCUT2D eigenvalue weighted by Gasteiger charge is 2.11. The maximum atomic E-state index is 11.8. The van der Waals surface area contributed by atoms with Crippen LogP contribution in [0.25, 0.3) is 0 Å². The molecule has 1 aromatic carbocycles. The van der Waals surface area contributed by atoms with Crippen molar-refractivity contribution in [2.45, 2.75) is 38.1 Å². The Labute approximate surface area is 133 Å². The summed E-state index contributed by atoms with van der Waals surface area (Å²) < 4.78 is 25.9. The van der Waals surface area contributed by atoms with Crippen molar-refractivity contribution in [2.75, 3.05) is 20.1 Å². The van der Waals surface area contributed by atoms with E-state index in [9.17, 15) is 8.42 Å². The van der Waals surface area contributed by atoms with Crippen LogP contribution in [0.1, 0.15) is 32.3 Å². The number of rotatable bonds is 8. The zero-order chi connectivity index (χ0) is 16.4. The van der Waals surface area contributed by atoms with Crippen molar-refractivity contribution in [2.24, 2.45) is 4.99 Å². The fraction of sp³-hybridized carbons (Fsp3) is 0.533. The van der Waals surface area contributed by atoms with Gasteiger partial charge in [-0.2, -0.15) is 0 Å². The lowest BCUT2D eigenvalue weighted by Gasteiger charge is -2.11. The van der Waals surface area contributed by atoms with Crippen LogP contribution >= 0.6 is 0 Å². The van der Waals surface area contributed by atoms with E-state index in [1.165, 1.54) is 7.05 Å². The molecule has 1 aromatic rings. The van der Waals surface area contributed by atoms with Crippen LogP contribution in [-0.4, -0.2) is 34.5 Å². The van der Waals surface area contributed by atoms with Gasteiger partial charge in [0.1, 0.15) is 0 Å². The second-order valence-electron chi connectivity index (χ2n) is 4.83. The summed E-state index contributed by atoms with van der Waals surface area (Å²) in [5, 5.41) is 6.43. The van der Waals surface area contributed by atoms with Crippen LogP contribution in [0.5, 0.6) is 0 Å². The van der Waals surface area contributed by atoms with Crippen molar-refractivity contribution in [3.63, 3.8) is 0 Å². The minimum Gasteiger partial charge on any atom is -0.357 e. The van der Waals surface area contributed by atoms with Crippen LogP contribution in [0.3, 0.4) is 0 Å². The fourth-order valence-corrected chi connectivity index (χ4v) is 2.62. The van der Waals surface area contributed by atoms with Crippen LogP contribution in [0.4, 0.5) is 0 Å². The number of nitrogens with one attached hydrogen (secondary N) is 3. The lowest BCUT2D eigenvalue weighted by atomic mass is 10.2. The molecule has 0 heterocycles. The van der Waals surface area contributed by atoms with Crippen LogP contribution in [-0.2, 0) is 16.6 Å². The maximum Gasteiger partial charge on any atom is 0.240 e. The van der Waals surface area contributed by atoms with E-state index in [-0.39, 0.29) is 4.90 Å². The van der Waals surface area contributed by atoms with Gasteiger partial charge in [0.25, 0.3) is 0 Å². The van der Waals surface area contributed by atoms with E-state index < -0.39 is 10.0 Å². The van der Waals surface area contributed by atoms with E-state index >= 15 is 0 Å². The number of aliphatic imine (C=N–C) groups is 1. The molecule has 0 aliphatic carbocycles. The predicted octanol–water partition coefficient (Wildman–Crippen LogP) is 1.45. The number of hydrogen-bond acceptors (Lipinski definition) is 3. The zero-order valence-corrected chi connectivity index (χ0v) is 14.3. The molecule has 0 spiro atoms. The predicted molar refractivity (Wildman–Crippen MR) is 90.4 cm³/mol. The van der Waals surface area contributed by atoms with Crippen molar-refractivity contribution >= 4 is 16.0 Å². The van der Waals surface area contributed by atoms with Gasteiger partial charge < -0.3 is 10.6 Å². The Kier molecular flexibility index (Phi) is 7.90. The van der Waals surface area contributed by atoms with Gasteiger partial charge in [0.05, 0.1) is 11.4 Å². The third-order valence-electron chi connectivity index (χ3n) is 3.06. The van der Waals surface area contributed by atoms with Gasteiger partial charge in [-0.05, 0) is 38.1 Å². The van der Waals surface area contributed by atoms with E-state index in [1.54, 1.807) is 18.2 Å². The Bertz CT molecular complexity index is 585. The molecular weight excluding hydrogens is 300 g/mol. The molecule has 0 bridgehead atoms. The average molecular weight is 326 g/mol. The smallest absolute Gasteiger partial charge is 0.240 e. The molecule has 22 heavy (non-hydrogen) atoms. The Morgan fingerprint density at radius 1 is 1.23 bits per heavy atom. The van der Waals surface area contributed by atoms with Crippen LogP contribution < -0.4 is 15.4 Å². The summed E-state index contributed by atoms with van der Waals surface area (Å²) in [5.74, 6) is 0.748. The third-order valence-corrected chi connectivity index (χ3v) is 4.48. The van der Waals surface area contributed by atoms with E-state index in [1.807, 2.05) is 13.0 Å². The van der Waals surface area contributed by atoms with Crippen molar-refractivity contribution in [3.05, 3.63) is 29.8 Å². The van der Waals surface area contributed by atoms with Gasteiger partial charge >= 0.3 is 0 Å². The summed E-state index contributed by atoms with van der Waals surface area (Å²) >= 11 is 0. The summed E-state index contributed by atoms with van der Waals surface area (Å²) in [6.07, 6.45) is 2.20. The second kappa shape index (κ2) is 9.42. The number of benzene rings is 1. The van der Waals surface area contributed by atoms with Gasteiger partial charge in [0.2, 0.25) is 10.0 Å². The van der Waals surface area contributed by atoms with E-state index in [4.69, 9.17) is 0 Å². The molecule has 7 heteroatoms. The molecule has 0 aromatic heterocycles. The van der Waals surface area contributed by atoms with Crippen molar-refractivity contribution in [1.82, 2.24) is 15.4 Å². The second-order valence-corrected chi connectivity index (χ2v) is 6.72. The van der Waals surface area contributed by atoms with Crippen molar-refractivity contribution < 1.29 is 8.42 Å². The molecule has 0 saturated heterocycles. The average Bonchev–Trinajstić information content (AvgIpc) is 2.53. The van der Waals surface area contributed by atoms with Gasteiger partial charge in [0, 0.05) is 13.1 Å². The standard InChI is InChI=1S/C15H26N4O2S/c1-4-6-10-18-15(17-5-2)19-12-13-8-7-9-14(11-13)22(20,21)16-3/h7-9,11,16H,4-6,10,12H2,1-3H3,(H2,17,18,19). The molecule has 3 N–H and O–H groups in total. The van der Waals surface area contributed by atoms with Gasteiger partial charge in [-0.15, -0.1) is 0 Å². The van der Waals surface area contributed by atoms with E-state index in [0.29, 0.717) is 6.54 Å². The topological polar surface area (TPSA) is 82.6 Å². The highest BCUT2D eigenvalue weighted by atomic mass is 32.2. The first-order valence-electron chi connectivity index (χ1n) is 7.58. The monoisotopic (exact) mass is 326 g/mol.